The third kappa shape index (κ3) is 18.1. The van der Waals surface area contributed by atoms with Gasteiger partial charge in [0.05, 0.1) is 30.5 Å². The Labute approximate surface area is 749 Å². The van der Waals surface area contributed by atoms with Gasteiger partial charge >= 0.3 is 0 Å². The average Bonchev–Trinajstić information content (AvgIpc) is 1.36. The second-order valence-corrected chi connectivity index (χ2v) is 33.4. The van der Waals surface area contributed by atoms with Crippen molar-refractivity contribution in [1.29, 1.82) is 0 Å². The molecular formula is C72H60Cl4N8O24S8. The molecule has 0 fully saturated rings. The second kappa shape index (κ2) is 34.1. The standard InChI is InChI=1S/4C18H15ClN2O6S2/c4*1-9-5-13-14(26-8-25-13)7-11(9)6-12(22)17-15(3-4-28-17)29(23,24)21-18-16(19)10(2)20-27-18/h4*3-5,7,21H,6,8H2,1-2H3/i2D3,5D,6D2,7D,8D2;2D3,5D,6D2,7D,8D;1D3,2D3,5D,6D2,7D;2D3,5D,6D2,7D/hD4. The van der Waals surface area contributed by atoms with Gasteiger partial charge in [-0.2, -0.15) is 0 Å². The van der Waals surface area contributed by atoms with E-state index in [9.17, 15) is 52.8 Å². The molecule has 0 bridgehead atoms. The minimum Gasteiger partial charge on any atom is -0.454 e. The van der Waals surface area contributed by atoms with Crippen LogP contribution in [0, 0.1) is 55.0 Å². The summed E-state index contributed by atoms with van der Waals surface area (Å²) < 4.78 is 465. The Bertz CT molecular complexity index is 8230. The Morgan fingerprint density at radius 2 is 0.638 bits per heavy atom. The van der Waals surface area contributed by atoms with Gasteiger partial charge in [-0.1, -0.05) is 67.0 Å². The molecule has 12 aromatic rings. The SMILES string of the molecule is [2H]c1c(C)c(C([2H])([2H])C(=O)c2sccc2S(=O)(=O)N([2H])c2onc(C([2H])([2H])[2H])c2Cl)c([2H])c2c1OC([2H])([2H])O2.[2H]c1c(C)c(C([2H])([2H])C(=O)c2sccc2S(=O)(=O)N([2H])c2onc(C([2H])([2H])[2H])c2Cl)c([2H])c2c1OC([2H])O2.[2H]c1c(C)c(C([2H])([2H])C(=O)c2sccc2S(=O)(=O)N([2H])c2onc(C([2H])([2H])[2H])c2Cl)c([2H])c2c1OCO2.[2H]c1c2c(c([2H])c(C([2H])([2H])C(=O)c3sccc3S(=O)(=O)N([2H])c3onc(C([2H])([2H])[2H])c3Cl)c1C([2H])([2H])[2H])OCO2. The molecular weight excluding hydrogens is 1760 g/mol. The number of Topliss-reactive ketones (excluding diaryl/α,β-unsaturated/α-hetero) is 4. The first-order valence-corrected chi connectivity index (χ1v) is 41.2. The Kier molecular flexibility index (Phi) is 14.1. The largest absolute Gasteiger partial charge is 0.454 e. The lowest BCUT2D eigenvalue weighted by molar-refractivity contribution is 0.0985. The lowest BCUT2D eigenvalue weighted by Gasteiger charge is -2.09. The molecule has 0 saturated heterocycles. The van der Waals surface area contributed by atoms with Crippen molar-refractivity contribution < 1.29 is 161 Å². The maximum absolute atomic E-state index is 13.6. The van der Waals surface area contributed by atoms with Gasteiger partial charge in [0.1, 0.15) is 66.6 Å². The molecule has 0 amide bonds. The van der Waals surface area contributed by atoms with Gasteiger partial charge in [-0.25, -0.2) is 52.5 Å². The van der Waals surface area contributed by atoms with Crippen LogP contribution in [-0.2, 0) is 65.6 Å². The number of benzene rings is 4. The molecule has 8 aromatic heterocycles. The topological polar surface area (TPSA) is 431 Å². The van der Waals surface area contributed by atoms with Gasteiger partial charge in [0, 0.05) is 57.0 Å². The van der Waals surface area contributed by atoms with Crippen molar-refractivity contribution in [3.05, 3.63) is 201 Å². The minimum absolute atomic E-state index is 0.0703. The summed E-state index contributed by atoms with van der Waals surface area (Å²) in [6.45, 7) is -16.1. The number of nitrogens with zero attached hydrogens (tertiary/aromatic N) is 4. The molecule has 4 aliphatic rings. The summed E-state index contributed by atoms with van der Waals surface area (Å²) >= 11 is 25.6. The highest BCUT2D eigenvalue weighted by Gasteiger charge is 2.34. The molecule has 1 unspecified atom stereocenters. The summed E-state index contributed by atoms with van der Waals surface area (Å²) in [6.07, 6.45) is -12.6. The van der Waals surface area contributed by atoms with Gasteiger partial charge in [0.2, 0.25) is 27.1 Å². The number of hydrogen-bond acceptors (Lipinski definition) is 32. The Hall–Kier alpha value is -10.2. The van der Waals surface area contributed by atoms with Crippen LogP contribution in [0.25, 0.3) is 0 Å². The number of fused-ring (bicyclic) bond motifs is 4. The number of anilines is 4. The van der Waals surface area contributed by atoms with E-state index in [1.165, 1.54) is 26.2 Å². The van der Waals surface area contributed by atoms with E-state index in [4.69, 9.17) is 137 Å². The van der Waals surface area contributed by atoms with Gasteiger partial charge in [-0.15, -0.1) is 45.3 Å². The number of ether oxygens (including phenoxy) is 8. The zero-order valence-electron chi connectivity index (χ0n) is 94.8. The number of nitrogens with one attached hydrogen (secondary N) is 4. The molecule has 1 atom stereocenters. The summed E-state index contributed by atoms with van der Waals surface area (Å²) in [7, 11) is -20.1. The van der Waals surface area contributed by atoms with E-state index in [2.05, 4.69) is 38.7 Å². The van der Waals surface area contributed by atoms with E-state index >= 15 is 0 Å². The van der Waals surface area contributed by atoms with Crippen molar-refractivity contribution in [3.63, 3.8) is 0 Å². The van der Waals surface area contributed by atoms with Crippen molar-refractivity contribution in [1.82, 2.24) is 20.6 Å². The highest BCUT2D eigenvalue weighted by molar-refractivity contribution is 7.94. The van der Waals surface area contributed by atoms with Gasteiger partial charge < -0.3 is 56.0 Å². The molecule has 0 radical (unpaired) electrons. The Morgan fingerprint density at radius 1 is 0.397 bits per heavy atom. The van der Waals surface area contributed by atoms with Gasteiger partial charge in [0.15, 0.2) is 74.8 Å². The predicted molar refractivity (Wildman–Crippen MR) is 427 cm³/mol. The molecule has 608 valence electrons. The first-order chi connectivity index (χ1) is 70.4. The summed E-state index contributed by atoms with van der Waals surface area (Å²) in [5.74, 6) is -12.7. The minimum atomic E-state index is -5.11. The molecule has 4 aromatic carbocycles. The summed E-state index contributed by atoms with van der Waals surface area (Å²) in [6, 6.07) is -1.34. The van der Waals surface area contributed by atoms with E-state index in [0.717, 1.165) is 40.4 Å². The normalized spacial score (nSPS) is 19.8. The van der Waals surface area contributed by atoms with Crippen LogP contribution >= 0.6 is 91.8 Å². The average molecular weight is 1860 g/mol. The van der Waals surface area contributed by atoms with E-state index in [-0.39, 0.29) is 65.6 Å². The monoisotopic (exact) mass is 1850 g/mol. The number of aromatic nitrogens is 4. The number of hydrogen-bond donors (Lipinski definition) is 4. The molecule has 0 spiro atoms. The number of halogens is 4. The molecule has 32 nitrogen and oxygen atoms in total. The van der Waals surface area contributed by atoms with Crippen LogP contribution in [0.2, 0.25) is 25.7 Å². The van der Waals surface area contributed by atoms with Crippen molar-refractivity contribution in [2.24, 2.45) is 0 Å². The van der Waals surface area contributed by atoms with Crippen molar-refractivity contribution in [3.8, 4) is 46.0 Å². The fourth-order valence-corrected chi connectivity index (χ4v) is 18.7. The highest BCUT2D eigenvalue weighted by Crippen LogP contribution is 2.42. The second-order valence-electron chi connectivity index (χ2n) is 22.0. The molecule has 4 N–H and O–H groups in total. The Balaban J connectivity index is 0.000000170. The lowest BCUT2D eigenvalue weighted by atomic mass is 10.0. The molecule has 16 rings (SSSR count). The van der Waals surface area contributed by atoms with E-state index in [1.807, 2.05) is 0 Å². The number of aryl methyl sites for hydroxylation is 4. The summed E-state index contributed by atoms with van der Waals surface area (Å²) in [5, 5.41) is 14.2. The molecule has 4 aliphatic heterocycles. The predicted octanol–water partition coefficient (Wildman–Crippen LogP) is 15.8. The number of ketones is 4. The summed E-state index contributed by atoms with van der Waals surface area (Å²) in [5.41, 5.74) is -7.55. The van der Waals surface area contributed by atoms with Crippen LogP contribution in [0.1, 0.15) is 153 Å². The van der Waals surface area contributed by atoms with Gasteiger partial charge in [-0.05, 0) is 194 Å². The number of sulfonamides is 4. The zero-order valence-corrected chi connectivity index (χ0v) is 66.3. The maximum atomic E-state index is 13.6. The fourth-order valence-electron chi connectivity index (χ4n) is 9.12. The molecule has 116 heavy (non-hydrogen) atoms. The van der Waals surface area contributed by atoms with Crippen molar-refractivity contribution in [2.45, 2.75) is 100 Å². The van der Waals surface area contributed by atoms with Crippen molar-refractivity contribution in [2.75, 3.05) is 46.0 Å². The molecule has 12 heterocycles. The number of carbonyl (C=O) groups is 4. The van der Waals surface area contributed by atoms with Crippen LogP contribution in [0.5, 0.6) is 46.0 Å². The van der Waals surface area contributed by atoms with E-state index in [0.29, 0.717) is 45.3 Å². The first-order valence-electron chi connectivity index (χ1n) is 49.3. The third-order valence-electron chi connectivity index (χ3n) is 14.4. The van der Waals surface area contributed by atoms with Gasteiger partial charge in [-0.3, -0.25) is 19.2 Å². The van der Waals surface area contributed by atoms with Crippen LogP contribution in [0.4, 0.5) is 23.5 Å². The zero-order chi connectivity index (χ0) is 116. The van der Waals surface area contributed by atoms with Crippen LogP contribution < -0.4 is 56.8 Å². The quantitative estimate of drug-likeness (QED) is 0.0408. The molecule has 0 saturated carbocycles. The Morgan fingerprint density at radius 3 is 0.914 bits per heavy atom. The molecule has 44 heteroatoms. The lowest BCUT2D eigenvalue weighted by Crippen LogP contribution is -2.16. The summed E-state index contributed by atoms with van der Waals surface area (Å²) in [4.78, 5) is 47.7. The van der Waals surface area contributed by atoms with Crippen LogP contribution in [-0.4, -0.2) is 105 Å². The van der Waals surface area contributed by atoms with Gasteiger partial charge in [0.25, 0.3) is 63.6 Å². The fraction of sp³-hybridized carbons (Fsp3) is 0.222. The number of thiophene rings is 4. The van der Waals surface area contributed by atoms with Crippen LogP contribution in [0.15, 0.2) is 132 Å². The first kappa shape index (κ1) is 47.8. The maximum Gasteiger partial charge on any atom is 0.265 e. The van der Waals surface area contributed by atoms with Crippen LogP contribution in [0.3, 0.4) is 0 Å². The highest BCUT2D eigenvalue weighted by atomic mass is 35.5. The van der Waals surface area contributed by atoms with E-state index < -0.39 is 348 Å². The van der Waals surface area contributed by atoms with Crippen molar-refractivity contribution >= 4 is 179 Å². The molecule has 0 aliphatic carbocycles. The third-order valence-corrected chi connectivity index (χ3v) is 25.2. The number of rotatable bonds is 24. The van der Waals surface area contributed by atoms with E-state index in [1.54, 1.807) is 0 Å². The smallest absolute Gasteiger partial charge is 0.265 e. The number of carbonyl (C=O) groups excluding carboxylic acids is 4.